The van der Waals surface area contributed by atoms with E-state index >= 15 is 0 Å². The highest BCUT2D eigenvalue weighted by atomic mass is 79.9. The Bertz CT molecular complexity index is 3260. The lowest BCUT2D eigenvalue weighted by Gasteiger charge is -2.32. The summed E-state index contributed by atoms with van der Waals surface area (Å²) in [6.45, 7) is 43.2. The number of hydrogen-bond donors (Lipinski definition) is 0. The lowest BCUT2D eigenvalue weighted by molar-refractivity contribution is 0.00578. The van der Waals surface area contributed by atoms with E-state index in [-0.39, 0.29) is 18.3 Å². The van der Waals surface area contributed by atoms with Crippen molar-refractivity contribution in [3.8, 4) is 0 Å². The molecule has 514 valence electrons. The van der Waals surface area contributed by atoms with E-state index in [1.54, 1.807) is 5.57 Å². The molecule has 1 aliphatic heterocycles. The Morgan fingerprint density at radius 1 is 0.462 bits per heavy atom. The number of ether oxygens (including phenoxy) is 4. The highest BCUT2D eigenvalue weighted by Crippen LogP contribution is 2.57. The van der Waals surface area contributed by atoms with Gasteiger partial charge in [0.05, 0.1) is 70.7 Å². The van der Waals surface area contributed by atoms with E-state index in [0.717, 1.165) is 83.0 Å². The standard InChI is InChI=1S/2C18H28N2OSi.C12H19BO2.2C12H21BrN2OSi/c1-22(2,3)7-6-21-12-20-11-19-17(18(20)13-4-5-13)16-9-14-8-15(14)10-16;1-22(2,3)7-6-21-12-20-11-19-17(13-4-5-13)18(20)16-9-14-8-15(14)10-16;1-11(2)12(3,4)15-13(14-11)10-6-8-5-9(8)7-10;1-17(2,3)7-6-16-9-15-8-14-12(13)11(15)10-4-5-10;1-17(2,3)7-6-16-9-15-8-14-11(12(15)13)10-4-5-10/h2*9,11,13-15H,4-8,10,12H2,1-3H3;6,8-9H,5,7H2,1-4H3;2*8,10H,4-7,9H2,1-3H3. The minimum Gasteiger partial charge on any atom is -0.400 e. The second-order valence-corrected chi connectivity index (χ2v) is 59.5. The summed E-state index contributed by atoms with van der Waals surface area (Å²) in [7, 11) is -4.02. The van der Waals surface area contributed by atoms with Crippen LogP contribution in [0.4, 0.5) is 0 Å². The maximum absolute atomic E-state index is 6.03. The molecule has 93 heavy (non-hydrogen) atoms. The van der Waals surface area contributed by atoms with Crippen molar-refractivity contribution in [2.24, 2.45) is 35.5 Å². The zero-order valence-electron chi connectivity index (χ0n) is 60.1. The summed E-state index contributed by atoms with van der Waals surface area (Å²) in [4.78, 5) is 18.3. The first-order valence-corrected chi connectivity index (χ1v) is 52.6. The summed E-state index contributed by atoms with van der Waals surface area (Å²) >= 11 is 7.13. The van der Waals surface area contributed by atoms with Gasteiger partial charge in [-0.15, -0.1) is 0 Å². The quantitative estimate of drug-likeness (QED) is 0.0421. The second kappa shape index (κ2) is 29.5. The van der Waals surface area contributed by atoms with Crippen molar-refractivity contribution in [3.05, 3.63) is 92.4 Å². The SMILES string of the molecule is CC1(C)OB(C2=CC3CC3C2)OC1(C)C.C[Si](C)(C)CCOCn1cnc(Br)c1C1CC1.C[Si](C)(C)CCOCn1cnc(C2=CC3CC3C2)c1C1CC1.C[Si](C)(C)CCOCn1cnc(C2CC2)c1Br.C[Si](C)(C)CCOCn1cnc(C2CC2)c1C1=CC2CC2C1. The van der Waals surface area contributed by atoms with Gasteiger partial charge >= 0.3 is 7.12 Å². The van der Waals surface area contributed by atoms with Crippen LogP contribution in [0.15, 0.2) is 58.2 Å². The summed E-state index contributed by atoms with van der Waals surface area (Å²) in [5.74, 6) is 8.24. The van der Waals surface area contributed by atoms with E-state index in [1.165, 1.54) is 159 Å². The second-order valence-electron chi connectivity index (χ2n) is 35.5. The Kier molecular flexibility index (Phi) is 22.8. The van der Waals surface area contributed by atoms with Crippen LogP contribution in [0.2, 0.25) is 103 Å². The van der Waals surface area contributed by atoms with Crippen LogP contribution in [-0.4, -0.2) is 115 Å². The Balaban J connectivity index is 0.000000120. The molecule has 5 heterocycles. The number of rotatable bonds is 27. The van der Waals surface area contributed by atoms with Crippen molar-refractivity contribution in [2.75, 3.05) is 26.4 Å². The maximum atomic E-state index is 6.03. The number of allylic oxidation sites excluding steroid dienone is 6. The zero-order valence-corrected chi connectivity index (χ0v) is 67.2. The van der Waals surface area contributed by atoms with E-state index < -0.39 is 32.3 Å². The lowest BCUT2D eigenvalue weighted by atomic mass is 9.76. The van der Waals surface area contributed by atoms with Crippen molar-refractivity contribution < 1.29 is 28.3 Å². The van der Waals surface area contributed by atoms with Gasteiger partial charge in [-0.2, -0.15) is 0 Å². The molecule has 0 aromatic carbocycles. The van der Waals surface area contributed by atoms with Gasteiger partial charge in [-0.3, -0.25) is 0 Å². The van der Waals surface area contributed by atoms with Gasteiger partial charge < -0.3 is 46.5 Å². The van der Waals surface area contributed by atoms with Crippen molar-refractivity contribution in [1.29, 1.82) is 0 Å². The highest BCUT2D eigenvalue weighted by molar-refractivity contribution is 9.10. The molecule has 8 fully saturated rings. The molecular formula is C72H117BBr2N8O6Si4. The van der Waals surface area contributed by atoms with Crippen LogP contribution >= 0.6 is 31.9 Å². The third-order valence-electron chi connectivity index (χ3n) is 21.0. The molecule has 0 spiro atoms. The van der Waals surface area contributed by atoms with E-state index in [1.807, 2.05) is 25.3 Å². The lowest BCUT2D eigenvalue weighted by Crippen LogP contribution is -2.41. The van der Waals surface area contributed by atoms with Crippen LogP contribution in [0.3, 0.4) is 0 Å². The number of imidazole rings is 4. The molecule has 1 saturated heterocycles. The Morgan fingerprint density at radius 2 is 0.849 bits per heavy atom. The summed E-state index contributed by atoms with van der Waals surface area (Å²) in [5, 5.41) is 0. The van der Waals surface area contributed by atoms with Crippen LogP contribution in [0.25, 0.3) is 11.1 Å². The molecule has 21 heteroatoms. The van der Waals surface area contributed by atoms with E-state index in [9.17, 15) is 0 Å². The smallest absolute Gasteiger partial charge is 0.400 e. The van der Waals surface area contributed by atoms with Crippen LogP contribution in [0, 0.1) is 35.5 Å². The first-order valence-electron chi connectivity index (χ1n) is 36.2. The summed E-state index contributed by atoms with van der Waals surface area (Å²) in [6.07, 6.45) is 33.6. The molecule has 0 bridgehead atoms. The molecule has 0 radical (unpaired) electrons. The van der Waals surface area contributed by atoms with Crippen molar-refractivity contribution in [2.45, 2.75) is 282 Å². The molecule has 6 unspecified atom stereocenters. The molecular weight excluding hydrogens is 1360 g/mol. The molecule has 11 aliphatic rings. The van der Waals surface area contributed by atoms with Gasteiger partial charge in [-0.1, -0.05) is 96.8 Å². The van der Waals surface area contributed by atoms with Gasteiger partial charge in [0.1, 0.15) is 36.1 Å². The third kappa shape index (κ3) is 20.7. The Labute approximate surface area is 581 Å². The zero-order chi connectivity index (χ0) is 66.4. The number of halogens is 2. The fourth-order valence-electron chi connectivity index (χ4n) is 13.0. The van der Waals surface area contributed by atoms with E-state index in [2.05, 4.69) is 185 Å². The molecule has 10 aliphatic carbocycles. The van der Waals surface area contributed by atoms with E-state index in [0.29, 0.717) is 38.8 Å². The van der Waals surface area contributed by atoms with Gasteiger partial charge in [0.2, 0.25) is 0 Å². The fraction of sp³-hybridized carbons (Fsp3) is 0.750. The maximum Gasteiger partial charge on any atom is 0.490 e. The molecule has 15 rings (SSSR count). The monoisotopic (exact) mass is 1470 g/mol. The predicted molar refractivity (Wildman–Crippen MR) is 397 cm³/mol. The average Bonchev–Trinajstić information content (AvgIpc) is 1.61. The Morgan fingerprint density at radius 3 is 1.30 bits per heavy atom. The fourth-order valence-corrected chi connectivity index (χ4v) is 17.3. The van der Waals surface area contributed by atoms with Gasteiger partial charge in [0, 0.05) is 82.4 Å². The van der Waals surface area contributed by atoms with Gasteiger partial charge in [0.25, 0.3) is 0 Å². The normalized spacial score (nSPS) is 25.3. The first kappa shape index (κ1) is 72.0. The molecule has 7 saturated carbocycles. The molecule has 0 N–H and O–H groups in total. The van der Waals surface area contributed by atoms with Crippen molar-refractivity contribution in [1.82, 2.24) is 38.2 Å². The summed E-state index contributed by atoms with van der Waals surface area (Å²) in [5.41, 5.74) is 12.1. The van der Waals surface area contributed by atoms with Crippen LogP contribution in [-0.2, 0) is 55.2 Å². The minimum atomic E-state index is -1.00. The van der Waals surface area contributed by atoms with E-state index in [4.69, 9.17) is 38.2 Å². The van der Waals surface area contributed by atoms with Gasteiger partial charge in [-0.25, -0.2) is 19.9 Å². The Hall–Kier alpha value is -2.29. The summed E-state index contributed by atoms with van der Waals surface area (Å²) < 4.78 is 46.3. The molecule has 6 atom stereocenters. The highest BCUT2D eigenvalue weighted by Gasteiger charge is 2.55. The first-order chi connectivity index (χ1) is 43.9. The number of aromatic nitrogens is 8. The van der Waals surface area contributed by atoms with Crippen LogP contribution in [0.5, 0.6) is 0 Å². The van der Waals surface area contributed by atoms with Gasteiger partial charge in [-0.05, 0) is 226 Å². The summed E-state index contributed by atoms with van der Waals surface area (Å²) in [6, 6.07) is 4.91. The number of nitrogens with zero attached hydrogens (tertiary/aromatic N) is 8. The minimum absolute atomic E-state index is 0.0807. The predicted octanol–water partition coefficient (Wildman–Crippen LogP) is 19.2. The molecule has 4 aromatic rings. The third-order valence-corrected chi connectivity index (χ3v) is 29.2. The van der Waals surface area contributed by atoms with Gasteiger partial charge in [0.15, 0.2) is 0 Å². The number of hydrogen-bond acceptors (Lipinski definition) is 10. The molecule has 0 amide bonds. The van der Waals surface area contributed by atoms with Crippen LogP contribution < -0.4 is 0 Å². The number of fused-ring (bicyclic) bond motifs is 3. The topological polar surface area (TPSA) is 127 Å². The molecule has 4 aromatic heterocycles. The molecule has 14 nitrogen and oxygen atoms in total. The van der Waals surface area contributed by atoms with Crippen molar-refractivity contribution >= 4 is 82.4 Å². The van der Waals surface area contributed by atoms with Crippen LogP contribution in [0.1, 0.15) is 175 Å². The average molecular weight is 1470 g/mol. The largest absolute Gasteiger partial charge is 0.490 e. The van der Waals surface area contributed by atoms with Crippen molar-refractivity contribution in [3.63, 3.8) is 0 Å².